The molecule has 0 spiro atoms. The van der Waals surface area contributed by atoms with Crippen LogP contribution in [0, 0.1) is 0 Å². The summed E-state index contributed by atoms with van der Waals surface area (Å²) in [6.07, 6.45) is 0. The maximum Gasteiger partial charge on any atom is 0.234 e. The minimum Gasteiger partial charge on any atom is -0.378 e. The Morgan fingerprint density at radius 3 is 2.55 bits per heavy atom. The van der Waals surface area contributed by atoms with Gasteiger partial charge in [-0.15, -0.1) is 23.1 Å². The molecule has 6 heteroatoms. The van der Waals surface area contributed by atoms with Crippen LogP contribution in [0.5, 0.6) is 0 Å². The summed E-state index contributed by atoms with van der Waals surface area (Å²) in [6.45, 7) is 0.639. The van der Waals surface area contributed by atoms with Gasteiger partial charge in [-0.05, 0) is 29.8 Å². The molecular formula is C16H17ClN2OS2. The van der Waals surface area contributed by atoms with Gasteiger partial charge in [0.1, 0.15) is 5.37 Å². The first kappa shape index (κ1) is 15.7. The number of benzene rings is 1. The molecule has 1 atom stereocenters. The van der Waals surface area contributed by atoms with Crippen molar-refractivity contribution in [2.75, 3.05) is 24.7 Å². The van der Waals surface area contributed by atoms with Gasteiger partial charge in [0.2, 0.25) is 5.91 Å². The highest BCUT2D eigenvalue weighted by atomic mass is 35.5. The molecule has 1 aliphatic heterocycles. The first-order valence-electron chi connectivity index (χ1n) is 6.97. The molecule has 0 radical (unpaired) electrons. The number of hydrogen-bond acceptors (Lipinski definition) is 4. The molecule has 0 saturated carbocycles. The lowest BCUT2D eigenvalue weighted by molar-refractivity contribution is -0.128. The Hall–Kier alpha value is -1.17. The minimum atomic E-state index is 0.0820. The lowest BCUT2D eigenvalue weighted by Crippen LogP contribution is -2.27. The summed E-state index contributed by atoms with van der Waals surface area (Å²) in [7, 11) is 4.04. The van der Waals surface area contributed by atoms with E-state index < -0.39 is 0 Å². The normalized spacial score (nSPS) is 18.0. The highest BCUT2D eigenvalue weighted by molar-refractivity contribution is 8.00. The fourth-order valence-electron chi connectivity index (χ4n) is 2.42. The summed E-state index contributed by atoms with van der Waals surface area (Å²) in [5, 5.41) is 0.0820. The van der Waals surface area contributed by atoms with E-state index in [-0.39, 0.29) is 11.3 Å². The van der Waals surface area contributed by atoms with Crippen molar-refractivity contribution < 1.29 is 4.79 Å². The highest BCUT2D eigenvalue weighted by Crippen LogP contribution is 2.43. The number of carbonyl (C=O) groups is 1. The Labute approximate surface area is 143 Å². The number of halogens is 1. The number of anilines is 1. The molecule has 1 aromatic carbocycles. The average Bonchev–Trinajstić information content (AvgIpc) is 3.07. The lowest BCUT2D eigenvalue weighted by Gasteiger charge is -2.23. The van der Waals surface area contributed by atoms with Crippen LogP contribution in [-0.2, 0) is 11.3 Å². The van der Waals surface area contributed by atoms with E-state index in [1.807, 2.05) is 31.1 Å². The zero-order valence-electron chi connectivity index (χ0n) is 12.5. The molecule has 116 valence electrons. The third kappa shape index (κ3) is 3.26. The molecule has 3 rings (SSSR count). The molecule has 1 aliphatic rings. The van der Waals surface area contributed by atoms with E-state index >= 15 is 0 Å². The van der Waals surface area contributed by atoms with Crippen molar-refractivity contribution in [1.29, 1.82) is 0 Å². The van der Waals surface area contributed by atoms with Crippen molar-refractivity contribution in [1.82, 2.24) is 4.90 Å². The first-order valence-corrected chi connectivity index (χ1v) is 9.21. The maximum atomic E-state index is 12.2. The number of nitrogens with zero attached hydrogens (tertiary/aromatic N) is 2. The van der Waals surface area contributed by atoms with Crippen molar-refractivity contribution in [2.24, 2.45) is 0 Å². The van der Waals surface area contributed by atoms with Gasteiger partial charge in [0, 0.05) is 31.2 Å². The molecule has 0 N–H and O–H groups in total. The van der Waals surface area contributed by atoms with E-state index in [1.54, 1.807) is 23.1 Å². The van der Waals surface area contributed by atoms with Gasteiger partial charge in [0.15, 0.2) is 0 Å². The summed E-state index contributed by atoms with van der Waals surface area (Å²) in [6, 6.07) is 12.3. The van der Waals surface area contributed by atoms with E-state index in [0.717, 1.165) is 20.5 Å². The van der Waals surface area contributed by atoms with E-state index in [1.165, 1.54) is 0 Å². The van der Waals surface area contributed by atoms with Gasteiger partial charge in [-0.2, -0.15) is 0 Å². The van der Waals surface area contributed by atoms with Crippen LogP contribution < -0.4 is 4.90 Å². The predicted octanol–water partition coefficient (Wildman–Crippen LogP) is 4.24. The molecule has 1 fully saturated rings. The molecule has 2 heterocycles. The van der Waals surface area contributed by atoms with Crippen molar-refractivity contribution >= 4 is 46.3 Å². The van der Waals surface area contributed by atoms with Gasteiger partial charge in [0.25, 0.3) is 0 Å². The van der Waals surface area contributed by atoms with E-state index in [0.29, 0.717) is 12.3 Å². The second kappa shape index (κ2) is 6.52. The van der Waals surface area contributed by atoms with Gasteiger partial charge in [-0.1, -0.05) is 23.7 Å². The summed E-state index contributed by atoms with van der Waals surface area (Å²) < 4.78 is 0.769. The van der Waals surface area contributed by atoms with Gasteiger partial charge in [-0.3, -0.25) is 4.79 Å². The lowest BCUT2D eigenvalue weighted by atomic mass is 10.2. The Bertz CT molecular complexity index is 669. The molecular weight excluding hydrogens is 336 g/mol. The number of thiophene rings is 1. The molecule has 1 amide bonds. The van der Waals surface area contributed by atoms with E-state index in [2.05, 4.69) is 29.2 Å². The van der Waals surface area contributed by atoms with Crippen LogP contribution >= 0.6 is 34.7 Å². The third-order valence-electron chi connectivity index (χ3n) is 3.61. The Morgan fingerprint density at radius 1 is 1.23 bits per heavy atom. The monoisotopic (exact) mass is 352 g/mol. The predicted molar refractivity (Wildman–Crippen MR) is 95.8 cm³/mol. The van der Waals surface area contributed by atoms with Crippen LogP contribution in [-0.4, -0.2) is 30.7 Å². The summed E-state index contributed by atoms with van der Waals surface area (Å²) in [5.41, 5.74) is 2.31. The minimum absolute atomic E-state index is 0.0820. The zero-order chi connectivity index (χ0) is 15.7. The Kier molecular flexibility index (Phi) is 4.66. The maximum absolute atomic E-state index is 12.2. The number of rotatable bonds is 4. The number of hydrogen-bond donors (Lipinski definition) is 0. The molecule has 0 aliphatic carbocycles. The molecule has 1 saturated heterocycles. The first-order chi connectivity index (χ1) is 10.5. The van der Waals surface area contributed by atoms with Gasteiger partial charge in [-0.25, -0.2) is 0 Å². The number of carbonyl (C=O) groups excluding carboxylic acids is 1. The van der Waals surface area contributed by atoms with E-state index in [4.69, 9.17) is 11.6 Å². The smallest absolute Gasteiger partial charge is 0.234 e. The van der Waals surface area contributed by atoms with E-state index in [9.17, 15) is 4.79 Å². The number of amides is 1. The van der Waals surface area contributed by atoms with Crippen LogP contribution in [0.1, 0.15) is 15.8 Å². The fourth-order valence-corrected chi connectivity index (χ4v) is 4.90. The Balaban J connectivity index is 1.78. The highest BCUT2D eigenvalue weighted by Gasteiger charge is 2.33. The van der Waals surface area contributed by atoms with Crippen molar-refractivity contribution in [3.05, 3.63) is 51.2 Å². The van der Waals surface area contributed by atoms with Crippen molar-refractivity contribution in [3.8, 4) is 0 Å². The summed E-state index contributed by atoms with van der Waals surface area (Å²) in [5.74, 6) is 0.729. The Morgan fingerprint density at radius 2 is 1.95 bits per heavy atom. The SMILES string of the molecule is CN(C)c1ccc(CN2C(=O)CSC2c2ccc(Cl)s2)cc1. The third-order valence-corrected chi connectivity index (χ3v) is 6.28. The topological polar surface area (TPSA) is 23.6 Å². The fraction of sp³-hybridized carbons (Fsp3) is 0.312. The largest absolute Gasteiger partial charge is 0.378 e. The average molecular weight is 353 g/mol. The van der Waals surface area contributed by atoms with Gasteiger partial charge in [0.05, 0.1) is 10.1 Å². The molecule has 0 bridgehead atoms. The standard InChI is InChI=1S/C16H17ClN2OS2/c1-18(2)12-5-3-11(4-6-12)9-19-15(20)10-21-16(19)13-7-8-14(17)22-13/h3-8,16H,9-10H2,1-2H3. The van der Waals surface area contributed by atoms with Crippen LogP contribution in [0.2, 0.25) is 4.34 Å². The molecule has 3 nitrogen and oxygen atoms in total. The van der Waals surface area contributed by atoms with Gasteiger partial charge >= 0.3 is 0 Å². The molecule has 1 aromatic heterocycles. The molecule has 2 aromatic rings. The quantitative estimate of drug-likeness (QED) is 0.822. The summed E-state index contributed by atoms with van der Waals surface area (Å²) >= 11 is 9.26. The van der Waals surface area contributed by atoms with Crippen LogP contribution in [0.25, 0.3) is 0 Å². The zero-order valence-corrected chi connectivity index (χ0v) is 14.8. The second-order valence-corrected chi connectivity index (χ2v) is 8.20. The van der Waals surface area contributed by atoms with Crippen molar-refractivity contribution in [3.63, 3.8) is 0 Å². The molecule has 22 heavy (non-hydrogen) atoms. The molecule has 1 unspecified atom stereocenters. The number of thioether (sulfide) groups is 1. The van der Waals surface area contributed by atoms with Crippen LogP contribution in [0.3, 0.4) is 0 Å². The van der Waals surface area contributed by atoms with Crippen LogP contribution in [0.15, 0.2) is 36.4 Å². The van der Waals surface area contributed by atoms with Crippen LogP contribution in [0.4, 0.5) is 5.69 Å². The van der Waals surface area contributed by atoms with Crippen molar-refractivity contribution in [2.45, 2.75) is 11.9 Å². The second-order valence-electron chi connectivity index (χ2n) is 5.39. The summed E-state index contributed by atoms with van der Waals surface area (Å²) in [4.78, 5) is 17.4. The van der Waals surface area contributed by atoms with Gasteiger partial charge < -0.3 is 9.80 Å².